The molecule has 0 aliphatic rings. The highest BCUT2D eigenvalue weighted by Gasteiger charge is 2.08. The summed E-state index contributed by atoms with van der Waals surface area (Å²) in [6, 6.07) is 4.86. The second kappa shape index (κ2) is 6.66. The van der Waals surface area contributed by atoms with Gasteiger partial charge in [0.2, 0.25) is 0 Å². The van der Waals surface area contributed by atoms with Crippen LogP contribution in [0.2, 0.25) is 0 Å². The summed E-state index contributed by atoms with van der Waals surface area (Å²) in [4.78, 5) is 4.24. The van der Waals surface area contributed by atoms with Crippen LogP contribution in [0.1, 0.15) is 25.3 Å². The number of nitrogens with one attached hydrogen (secondary N) is 1. The number of nitrogens with zero attached hydrogens (tertiary/aromatic N) is 1. The summed E-state index contributed by atoms with van der Waals surface area (Å²) in [5.41, 5.74) is 1.60. The van der Waals surface area contributed by atoms with Crippen LogP contribution in [0.15, 0.2) is 28.8 Å². The third-order valence-corrected chi connectivity index (χ3v) is 2.95. The van der Waals surface area contributed by atoms with Crippen molar-refractivity contribution in [2.24, 2.45) is 5.92 Å². The average molecular weight is 276 g/mol. The van der Waals surface area contributed by atoms with Crippen molar-refractivity contribution >= 4 is 0 Å². The van der Waals surface area contributed by atoms with Crippen molar-refractivity contribution in [1.82, 2.24) is 10.3 Å². The number of rotatable bonds is 6. The highest BCUT2D eigenvalue weighted by molar-refractivity contribution is 5.57. The van der Waals surface area contributed by atoms with Gasteiger partial charge in [0.1, 0.15) is 5.82 Å². The standard InChI is InChI=1S/C16H21FN2O/c1-11(2)9-18-5-4-16-19-10-15(20-16)13-6-12(3)7-14(17)8-13/h6-8,10-11,18H,4-5,9H2,1-3H3. The lowest BCUT2D eigenvalue weighted by molar-refractivity contribution is 0.482. The number of hydrogen-bond donors (Lipinski definition) is 1. The summed E-state index contributed by atoms with van der Waals surface area (Å²) < 4.78 is 19.0. The predicted octanol–water partition coefficient (Wildman–Crippen LogP) is 3.58. The highest BCUT2D eigenvalue weighted by atomic mass is 19.1. The second-order valence-corrected chi connectivity index (χ2v) is 5.48. The van der Waals surface area contributed by atoms with Gasteiger partial charge in [-0.15, -0.1) is 0 Å². The fraction of sp³-hybridized carbons (Fsp3) is 0.438. The van der Waals surface area contributed by atoms with E-state index in [2.05, 4.69) is 24.1 Å². The molecule has 1 aromatic heterocycles. The summed E-state index contributed by atoms with van der Waals surface area (Å²) >= 11 is 0. The SMILES string of the molecule is Cc1cc(F)cc(-c2cnc(CCNCC(C)C)o2)c1. The zero-order valence-electron chi connectivity index (χ0n) is 12.2. The van der Waals surface area contributed by atoms with Gasteiger partial charge in [0.05, 0.1) is 6.20 Å². The van der Waals surface area contributed by atoms with E-state index in [0.29, 0.717) is 17.6 Å². The van der Waals surface area contributed by atoms with Gasteiger partial charge in [0, 0.05) is 18.5 Å². The molecule has 0 saturated carbocycles. The monoisotopic (exact) mass is 276 g/mol. The van der Waals surface area contributed by atoms with E-state index >= 15 is 0 Å². The molecule has 1 heterocycles. The van der Waals surface area contributed by atoms with Crippen LogP contribution in [-0.4, -0.2) is 18.1 Å². The van der Waals surface area contributed by atoms with Gasteiger partial charge in [-0.3, -0.25) is 0 Å². The largest absolute Gasteiger partial charge is 0.441 e. The minimum Gasteiger partial charge on any atom is -0.441 e. The van der Waals surface area contributed by atoms with E-state index in [1.807, 2.05) is 13.0 Å². The normalized spacial score (nSPS) is 11.2. The first-order valence-electron chi connectivity index (χ1n) is 6.97. The van der Waals surface area contributed by atoms with E-state index in [1.54, 1.807) is 6.20 Å². The lowest BCUT2D eigenvalue weighted by Gasteiger charge is -2.05. The van der Waals surface area contributed by atoms with Gasteiger partial charge in [0.15, 0.2) is 11.7 Å². The first kappa shape index (κ1) is 14.7. The lowest BCUT2D eigenvalue weighted by Crippen LogP contribution is -2.22. The van der Waals surface area contributed by atoms with Crippen molar-refractivity contribution in [3.63, 3.8) is 0 Å². The number of hydrogen-bond acceptors (Lipinski definition) is 3. The Morgan fingerprint density at radius 1 is 1.30 bits per heavy atom. The van der Waals surface area contributed by atoms with Crippen molar-refractivity contribution in [1.29, 1.82) is 0 Å². The molecule has 2 aromatic rings. The number of aromatic nitrogens is 1. The Labute approximate surface area is 119 Å². The van der Waals surface area contributed by atoms with Gasteiger partial charge in [-0.05, 0) is 43.1 Å². The molecule has 0 fully saturated rings. The maximum absolute atomic E-state index is 13.4. The number of oxazole rings is 1. The molecule has 0 bridgehead atoms. The first-order chi connectivity index (χ1) is 9.54. The van der Waals surface area contributed by atoms with E-state index < -0.39 is 0 Å². The highest BCUT2D eigenvalue weighted by Crippen LogP contribution is 2.22. The Bertz CT molecular complexity index is 543. The van der Waals surface area contributed by atoms with E-state index in [4.69, 9.17) is 4.42 Å². The Morgan fingerprint density at radius 3 is 2.80 bits per heavy atom. The van der Waals surface area contributed by atoms with E-state index in [0.717, 1.165) is 30.6 Å². The van der Waals surface area contributed by atoms with Crippen LogP contribution < -0.4 is 5.32 Å². The van der Waals surface area contributed by atoms with Gasteiger partial charge >= 0.3 is 0 Å². The molecule has 0 aliphatic heterocycles. The molecule has 2 rings (SSSR count). The van der Waals surface area contributed by atoms with E-state index in [9.17, 15) is 4.39 Å². The molecule has 108 valence electrons. The fourth-order valence-corrected chi connectivity index (χ4v) is 2.02. The summed E-state index contributed by atoms with van der Waals surface area (Å²) in [6.07, 6.45) is 2.40. The molecule has 0 radical (unpaired) electrons. The topological polar surface area (TPSA) is 38.1 Å². The third kappa shape index (κ3) is 4.17. The van der Waals surface area contributed by atoms with E-state index in [-0.39, 0.29) is 5.82 Å². The van der Waals surface area contributed by atoms with Crippen LogP contribution in [0, 0.1) is 18.7 Å². The molecular formula is C16H21FN2O. The van der Waals surface area contributed by atoms with Gasteiger partial charge in [-0.25, -0.2) is 9.37 Å². The molecule has 1 aromatic carbocycles. The second-order valence-electron chi connectivity index (χ2n) is 5.48. The molecule has 0 unspecified atom stereocenters. The first-order valence-corrected chi connectivity index (χ1v) is 6.97. The molecule has 4 heteroatoms. The molecular weight excluding hydrogens is 255 g/mol. The third-order valence-electron chi connectivity index (χ3n) is 2.95. The molecule has 0 spiro atoms. The van der Waals surface area contributed by atoms with Gasteiger partial charge < -0.3 is 9.73 Å². The maximum atomic E-state index is 13.4. The van der Waals surface area contributed by atoms with Gasteiger partial charge in [-0.1, -0.05) is 13.8 Å². The number of benzene rings is 1. The summed E-state index contributed by atoms with van der Waals surface area (Å²) in [6.45, 7) is 8.02. The Hall–Kier alpha value is -1.68. The van der Waals surface area contributed by atoms with Crippen molar-refractivity contribution in [2.45, 2.75) is 27.2 Å². The number of halogens is 1. The quantitative estimate of drug-likeness (QED) is 0.820. The van der Waals surface area contributed by atoms with Crippen molar-refractivity contribution in [3.05, 3.63) is 41.7 Å². The average Bonchev–Trinajstić information content (AvgIpc) is 2.82. The molecule has 0 amide bonds. The fourth-order valence-electron chi connectivity index (χ4n) is 2.02. The summed E-state index contributed by atoms with van der Waals surface area (Å²) in [5.74, 6) is 1.67. The van der Waals surface area contributed by atoms with Crippen LogP contribution in [0.3, 0.4) is 0 Å². The van der Waals surface area contributed by atoms with Crippen LogP contribution in [0.25, 0.3) is 11.3 Å². The van der Waals surface area contributed by atoms with Crippen LogP contribution in [-0.2, 0) is 6.42 Å². The van der Waals surface area contributed by atoms with Crippen LogP contribution >= 0.6 is 0 Å². The summed E-state index contributed by atoms with van der Waals surface area (Å²) in [7, 11) is 0. The molecule has 0 aliphatic carbocycles. The van der Waals surface area contributed by atoms with Crippen molar-refractivity contribution in [3.8, 4) is 11.3 Å². The van der Waals surface area contributed by atoms with Gasteiger partial charge in [-0.2, -0.15) is 0 Å². The molecule has 1 N–H and O–H groups in total. The minimum atomic E-state index is -0.253. The smallest absolute Gasteiger partial charge is 0.196 e. The zero-order chi connectivity index (χ0) is 14.5. The van der Waals surface area contributed by atoms with Gasteiger partial charge in [0.25, 0.3) is 0 Å². The Morgan fingerprint density at radius 2 is 2.10 bits per heavy atom. The Kier molecular flexibility index (Phi) is 4.90. The maximum Gasteiger partial charge on any atom is 0.196 e. The van der Waals surface area contributed by atoms with Crippen LogP contribution in [0.5, 0.6) is 0 Å². The number of aryl methyl sites for hydroxylation is 1. The molecule has 0 atom stereocenters. The van der Waals surface area contributed by atoms with E-state index in [1.165, 1.54) is 12.1 Å². The molecule has 20 heavy (non-hydrogen) atoms. The van der Waals surface area contributed by atoms with Crippen molar-refractivity contribution in [2.75, 3.05) is 13.1 Å². The van der Waals surface area contributed by atoms with Crippen LogP contribution in [0.4, 0.5) is 4.39 Å². The lowest BCUT2D eigenvalue weighted by atomic mass is 10.1. The molecule has 3 nitrogen and oxygen atoms in total. The molecule has 0 saturated heterocycles. The zero-order valence-corrected chi connectivity index (χ0v) is 12.2. The van der Waals surface area contributed by atoms with Crippen molar-refractivity contribution < 1.29 is 8.81 Å². The summed E-state index contributed by atoms with van der Waals surface area (Å²) in [5, 5.41) is 3.34. The Balaban J connectivity index is 1.98. The minimum absolute atomic E-state index is 0.253. The predicted molar refractivity (Wildman–Crippen MR) is 78.0 cm³/mol.